The Morgan fingerprint density at radius 1 is 0.538 bits per heavy atom. The van der Waals surface area contributed by atoms with Gasteiger partial charge in [0.1, 0.15) is 36.8 Å². The summed E-state index contributed by atoms with van der Waals surface area (Å²) >= 11 is 0. The van der Waals surface area contributed by atoms with Gasteiger partial charge in [0.25, 0.3) is 0 Å². The predicted octanol–water partition coefficient (Wildman–Crippen LogP) is 5.54. The smallest absolute Gasteiger partial charge is 0.187 e. The van der Waals surface area contributed by atoms with Gasteiger partial charge in [-0.3, -0.25) is 0 Å². The minimum atomic E-state index is -1.00. The summed E-state index contributed by atoms with van der Waals surface area (Å²) < 4.78 is 31.3. The molecule has 39 heavy (non-hydrogen) atoms. The van der Waals surface area contributed by atoms with Crippen LogP contribution in [0, 0.1) is 0 Å². The Kier molecular flexibility index (Phi) is 9.74. The minimum absolute atomic E-state index is 0.132. The van der Waals surface area contributed by atoms with Gasteiger partial charge in [-0.2, -0.15) is 0 Å². The average molecular weight is 527 g/mol. The molecule has 0 saturated carbocycles. The molecule has 4 aromatic rings. The number of aliphatic hydroxyl groups is 1. The van der Waals surface area contributed by atoms with Crippen molar-refractivity contribution in [1.82, 2.24) is 0 Å². The van der Waals surface area contributed by atoms with Crippen LogP contribution < -0.4 is 4.74 Å². The van der Waals surface area contributed by atoms with Crippen molar-refractivity contribution in [3.63, 3.8) is 0 Å². The van der Waals surface area contributed by atoms with E-state index in [-0.39, 0.29) is 6.61 Å². The molecule has 0 aliphatic carbocycles. The first-order chi connectivity index (χ1) is 19.3. The van der Waals surface area contributed by atoms with Crippen molar-refractivity contribution in [2.24, 2.45) is 0 Å². The van der Waals surface area contributed by atoms with Gasteiger partial charge in [0, 0.05) is 0 Å². The van der Waals surface area contributed by atoms with Crippen LogP contribution in [0.5, 0.6) is 5.75 Å². The zero-order valence-corrected chi connectivity index (χ0v) is 21.8. The van der Waals surface area contributed by atoms with E-state index >= 15 is 0 Å². The Hall–Kier alpha value is -3.52. The largest absolute Gasteiger partial charge is 0.491 e. The first kappa shape index (κ1) is 27.1. The monoisotopic (exact) mass is 526 g/mol. The van der Waals surface area contributed by atoms with E-state index in [0.717, 1.165) is 16.7 Å². The van der Waals surface area contributed by atoms with Crippen LogP contribution in [-0.4, -0.2) is 42.4 Å². The molecule has 5 atom stereocenters. The number of rotatable bonds is 12. The Labute approximate surface area is 229 Å². The van der Waals surface area contributed by atoms with Crippen LogP contribution in [0.1, 0.15) is 16.7 Å². The molecule has 0 spiro atoms. The summed E-state index contributed by atoms with van der Waals surface area (Å²) in [6, 6.07) is 39.1. The second-order valence-electron chi connectivity index (χ2n) is 9.48. The average Bonchev–Trinajstić information content (AvgIpc) is 3.00. The third kappa shape index (κ3) is 7.76. The number of ether oxygens (including phenoxy) is 5. The first-order valence-corrected chi connectivity index (χ1v) is 13.2. The fourth-order valence-corrected chi connectivity index (χ4v) is 4.51. The number of aliphatic hydroxyl groups excluding tert-OH is 1. The Balaban J connectivity index is 1.37. The summed E-state index contributed by atoms with van der Waals surface area (Å²) in [7, 11) is 0. The second kappa shape index (κ2) is 14.0. The van der Waals surface area contributed by atoms with Gasteiger partial charge in [-0.15, -0.1) is 0 Å². The van der Waals surface area contributed by atoms with Crippen molar-refractivity contribution < 1.29 is 28.8 Å². The molecule has 202 valence electrons. The van der Waals surface area contributed by atoms with Crippen LogP contribution in [0.3, 0.4) is 0 Å². The number of benzene rings is 4. The highest BCUT2D eigenvalue weighted by Gasteiger charge is 2.48. The van der Waals surface area contributed by atoms with Crippen molar-refractivity contribution in [3.05, 3.63) is 138 Å². The molecule has 4 aromatic carbocycles. The van der Waals surface area contributed by atoms with E-state index in [0.29, 0.717) is 25.6 Å². The highest BCUT2D eigenvalue weighted by atomic mass is 16.7. The summed E-state index contributed by atoms with van der Waals surface area (Å²) in [5.74, 6) is 0.694. The molecule has 1 aliphatic rings. The molecule has 5 rings (SSSR count). The summed E-state index contributed by atoms with van der Waals surface area (Å²) in [6.07, 6.45) is -3.88. The van der Waals surface area contributed by atoms with Crippen molar-refractivity contribution in [3.8, 4) is 5.75 Å². The molecular weight excluding hydrogens is 492 g/mol. The van der Waals surface area contributed by atoms with Crippen LogP contribution in [-0.2, 0) is 38.8 Å². The highest BCUT2D eigenvalue weighted by Crippen LogP contribution is 2.30. The van der Waals surface area contributed by atoms with Crippen LogP contribution in [0.15, 0.2) is 121 Å². The molecule has 3 unspecified atom stereocenters. The Morgan fingerprint density at radius 3 is 1.49 bits per heavy atom. The third-order valence-corrected chi connectivity index (χ3v) is 6.60. The van der Waals surface area contributed by atoms with E-state index in [2.05, 4.69) is 0 Å². The van der Waals surface area contributed by atoms with E-state index in [1.54, 1.807) is 0 Å². The van der Waals surface area contributed by atoms with Crippen molar-refractivity contribution in [2.45, 2.75) is 50.5 Å². The quantitative estimate of drug-likeness (QED) is 0.262. The first-order valence-electron chi connectivity index (χ1n) is 13.2. The van der Waals surface area contributed by atoms with Gasteiger partial charge in [0.15, 0.2) is 6.29 Å². The fourth-order valence-electron chi connectivity index (χ4n) is 4.51. The van der Waals surface area contributed by atoms with Gasteiger partial charge in [0.05, 0.1) is 19.8 Å². The Bertz CT molecular complexity index is 1220. The van der Waals surface area contributed by atoms with Crippen LogP contribution in [0.4, 0.5) is 0 Å². The van der Waals surface area contributed by atoms with E-state index in [4.69, 9.17) is 23.7 Å². The normalized spacial score (nSPS) is 22.8. The van der Waals surface area contributed by atoms with Gasteiger partial charge < -0.3 is 28.8 Å². The second-order valence-corrected chi connectivity index (χ2v) is 9.48. The summed E-state index contributed by atoms with van der Waals surface area (Å²) in [4.78, 5) is 0. The molecule has 1 aliphatic heterocycles. The number of hydrogen-bond acceptors (Lipinski definition) is 6. The molecule has 6 nitrogen and oxygen atoms in total. The molecule has 0 amide bonds. The molecule has 1 saturated heterocycles. The zero-order valence-electron chi connectivity index (χ0n) is 21.8. The van der Waals surface area contributed by atoms with Gasteiger partial charge in [-0.25, -0.2) is 0 Å². The van der Waals surface area contributed by atoms with Gasteiger partial charge in [-0.05, 0) is 28.8 Å². The lowest BCUT2D eigenvalue weighted by Gasteiger charge is -2.44. The zero-order chi connectivity index (χ0) is 26.7. The standard InChI is InChI=1S/C33H34O6/c34-30-29(24-35-28-19-11-4-12-20-28)39-33(38-23-27-17-9-3-10-18-27)32(37-22-26-15-7-2-8-16-26)31(30)36-21-25-13-5-1-6-14-25/h1-20,29-34H,21-24H2/t29?,30-,31?,32?,33+/m1/s1. The van der Waals surface area contributed by atoms with Crippen LogP contribution in [0.25, 0.3) is 0 Å². The lowest BCUT2D eigenvalue weighted by molar-refractivity contribution is -0.321. The third-order valence-electron chi connectivity index (χ3n) is 6.60. The van der Waals surface area contributed by atoms with Gasteiger partial charge in [0.2, 0.25) is 0 Å². The van der Waals surface area contributed by atoms with E-state index in [1.165, 1.54) is 0 Å². The summed E-state index contributed by atoms with van der Waals surface area (Å²) in [5.41, 5.74) is 3.01. The highest BCUT2D eigenvalue weighted by molar-refractivity contribution is 5.21. The molecule has 0 bridgehead atoms. The van der Waals surface area contributed by atoms with Crippen LogP contribution >= 0.6 is 0 Å². The van der Waals surface area contributed by atoms with Crippen molar-refractivity contribution in [2.75, 3.05) is 6.61 Å². The topological polar surface area (TPSA) is 66.4 Å². The summed E-state index contributed by atoms with van der Waals surface area (Å²) in [5, 5.41) is 11.5. The maximum absolute atomic E-state index is 11.5. The molecule has 1 heterocycles. The molecule has 6 heteroatoms. The number of hydrogen-bond donors (Lipinski definition) is 1. The van der Waals surface area contributed by atoms with E-state index < -0.39 is 30.7 Å². The molecular formula is C33H34O6. The number of para-hydroxylation sites is 1. The molecule has 0 radical (unpaired) electrons. The van der Waals surface area contributed by atoms with Crippen molar-refractivity contribution in [1.29, 1.82) is 0 Å². The van der Waals surface area contributed by atoms with Gasteiger partial charge >= 0.3 is 0 Å². The van der Waals surface area contributed by atoms with Crippen LogP contribution in [0.2, 0.25) is 0 Å². The predicted molar refractivity (Wildman–Crippen MR) is 148 cm³/mol. The van der Waals surface area contributed by atoms with Crippen molar-refractivity contribution >= 4 is 0 Å². The fraction of sp³-hybridized carbons (Fsp3) is 0.273. The SMILES string of the molecule is O[C@@H]1C(COc2ccccc2)O[C@H](OCc2ccccc2)C(OCc2ccccc2)C1OCc1ccccc1. The van der Waals surface area contributed by atoms with E-state index in [1.807, 2.05) is 121 Å². The van der Waals surface area contributed by atoms with E-state index in [9.17, 15) is 5.11 Å². The molecule has 0 aromatic heterocycles. The molecule has 1 N–H and O–H groups in total. The molecule has 1 fully saturated rings. The maximum atomic E-state index is 11.5. The lowest BCUT2D eigenvalue weighted by Crippen LogP contribution is -2.61. The Morgan fingerprint density at radius 2 is 0.974 bits per heavy atom. The minimum Gasteiger partial charge on any atom is -0.491 e. The van der Waals surface area contributed by atoms with Gasteiger partial charge in [-0.1, -0.05) is 109 Å². The lowest BCUT2D eigenvalue weighted by atomic mass is 9.98. The summed E-state index contributed by atoms with van der Waals surface area (Å²) in [6.45, 7) is 1.09. The maximum Gasteiger partial charge on any atom is 0.187 e.